The van der Waals surface area contributed by atoms with E-state index in [2.05, 4.69) is 30.8 Å². The fourth-order valence-electron chi connectivity index (χ4n) is 0.812. The summed E-state index contributed by atoms with van der Waals surface area (Å²) < 4.78 is 1.93. The van der Waals surface area contributed by atoms with Gasteiger partial charge in [-0.2, -0.15) is 0 Å². The molecule has 0 aromatic carbocycles. The molecule has 2 nitrogen and oxygen atoms in total. The summed E-state index contributed by atoms with van der Waals surface area (Å²) >= 11 is 4.91. The highest BCUT2D eigenvalue weighted by Crippen LogP contribution is 2.14. The number of carbonyl (C=O) groups excluding carboxylic acids is 1. The van der Waals surface area contributed by atoms with E-state index in [9.17, 15) is 4.79 Å². The zero-order valence-electron chi connectivity index (χ0n) is 7.04. The normalized spacial score (nSPS) is 10.5. The van der Waals surface area contributed by atoms with Crippen LogP contribution in [0, 0.1) is 0 Å². The first-order chi connectivity index (χ1) is 5.20. The van der Waals surface area contributed by atoms with Crippen molar-refractivity contribution in [2.75, 3.05) is 13.1 Å². The number of carbonyl (C=O) groups is 1. The molecule has 0 atom stereocenters. The Morgan fingerprint density at radius 2 is 1.82 bits per heavy atom. The highest BCUT2D eigenvalue weighted by atomic mass is 32.2. The van der Waals surface area contributed by atoms with E-state index in [1.807, 2.05) is 0 Å². The van der Waals surface area contributed by atoms with Gasteiger partial charge in [0.25, 0.3) is 4.45 Å². The van der Waals surface area contributed by atoms with Crippen LogP contribution in [0.25, 0.3) is 0 Å². The molecule has 0 radical (unpaired) electrons. The van der Waals surface area contributed by atoms with Crippen LogP contribution in [0.15, 0.2) is 0 Å². The molecule has 0 aliphatic heterocycles. The first-order valence-corrected chi connectivity index (χ1v) is 5.08. The first-order valence-electron chi connectivity index (χ1n) is 3.86. The molecule has 0 aromatic heterocycles. The number of nitrogens with zero attached hydrogens (tertiary/aromatic N) is 1. The van der Waals surface area contributed by atoms with Crippen molar-refractivity contribution in [3.8, 4) is 0 Å². The molecule has 0 spiro atoms. The van der Waals surface area contributed by atoms with E-state index in [1.54, 1.807) is 0 Å². The third-order valence-corrected chi connectivity index (χ3v) is 2.18. The van der Waals surface area contributed by atoms with E-state index in [-0.39, 0.29) is 4.45 Å². The van der Waals surface area contributed by atoms with E-state index in [0.717, 1.165) is 25.9 Å². The molecule has 11 heavy (non-hydrogen) atoms. The van der Waals surface area contributed by atoms with Crippen LogP contribution in [0.2, 0.25) is 0 Å². The average Bonchev–Trinajstić information content (AvgIpc) is 1.87. The number of hydrogen-bond acceptors (Lipinski definition) is 3. The maximum atomic E-state index is 10.6. The highest BCUT2D eigenvalue weighted by molar-refractivity contribution is 8.30. The molecule has 66 valence electrons. The van der Waals surface area contributed by atoms with Gasteiger partial charge in [0.1, 0.15) is 0 Å². The Morgan fingerprint density at radius 1 is 1.36 bits per heavy atom. The lowest BCUT2D eigenvalue weighted by atomic mass is 10.4. The lowest BCUT2D eigenvalue weighted by molar-refractivity contribution is 0.276. The molecule has 0 bridgehead atoms. The number of thiol groups is 1. The minimum Gasteiger partial charge on any atom is -0.273 e. The molecule has 4 heteroatoms. The van der Waals surface area contributed by atoms with E-state index >= 15 is 0 Å². The van der Waals surface area contributed by atoms with Crippen LogP contribution in [0.4, 0.5) is 4.79 Å². The molecule has 0 aliphatic carbocycles. The molecule has 0 heterocycles. The summed E-state index contributed by atoms with van der Waals surface area (Å²) in [7, 11) is 0. The lowest BCUT2D eigenvalue weighted by Crippen LogP contribution is -2.18. The van der Waals surface area contributed by atoms with Crippen LogP contribution in [0.5, 0.6) is 0 Å². The molecule has 0 amide bonds. The fraction of sp³-hybridized carbons (Fsp3) is 0.857. The molecule has 0 aliphatic rings. The molecule has 0 saturated heterocycles. The fourth-order valence-corrected chi connectivity index (χ4v) is 1.93. The van der Waals surface area contributed by atoms with Gasteiger partial charge >= 0.3 is 0 Å². The third kappa shape index (κ3) is 6.72. The second-order valence-electron chi connectivity index (χ2n) is 2.29. The summed E-state index contributed by atoms with van der Waals surface area (Å²) in [6.07, 6.45) is 2.15. The van der Waals surface area contributed by atoms with E-state index < -0.39 is 0 Å². The van der Waals surface area contributed by atoms with Crippen molar-refractivity contribution in [1.29, 1.82) is 0 Å². The lowest BCUT2D eigenvalue weighted by Gasteiger charge is -2.16. The first kappa shape index (κ1) is 11.3. The second kappa shape index (κ2) is 7.00. The van der Waals surface area contributed by atoms with E-state index in [4.69, 9.17) is 0 Å². The largest absolute Gasteiger partial charge is 0.273 e. The summed E-state index contributed by atoms with van der Waals surface area (Å²) in [6.45, 7) is 6.13. The van der Waals surface area contributed by atoms with Gasteiger partial charge in [-0.1, -0.05) is 26.5 Å². The van der Waals surface area contributed by atoms with Gasteiger partial charge in [-0.05, 0) is 12.8 Å². The second-order valence-corrected chi connectivity index (χ2v) is 4.06. The summed E-state index contributed by atoms with van der Waals surface area (Å²) in [5.74, 6) is 0. The average molecular weight is 193 g/mol. The van der Waals surface area contributed by atoms with Crippen LogP contribution in [-0.2, 0) is 0 Å². The number of hydrogen-bond donors (Lipinski definition) is 1. The SMILES string of the molecule is CCCN(CCC)SC(=O)S. The Balaban J connectivity index is 3.59. The highest BCUT2D eigenvalue weighted by Gasteiger charge is 2.05. The molecular weight excluding hydrogens is 178 g/mol. The van der Waals surface area contributed by atoms with Crippen molar-refractivity contribution in [3.63, 3.8) is 0 Å². The van der Waals surface area contributed by atoms with Gasteiger partial charge in [-0.15, -0.1) is 0 Å². The van der Waals surface area contributed by atoms with Gasteiger partial charge < -0.3 is 0 Å². The molecule has 0 fully saturated rings. The summed E-state index contributed by atoms with van der Waals surface area (Å²) in [4.78, 5) is 10.6. The number of rotatable bonds is 5. The van der Waals surface area contributed by atoms with Gasteiger partial charge in [0.15, 0.2) is 0 Å². The van der Waals surface area contributed by atoms with Gasteiger partial charge in [-0.25, -0.2) is 4.31 Å². The minimum atomic E-state index is -0.119. The minimum absolute atomic E-state index is 0.119. The van der Waals surface area contributed by atoms with E-state index in [1.165, 1.54) is 11.9 Å². The van der Waals surface area contributed by atoms with Gasteiger partial charge in [0.05, 0.1) is 0 Å². The molecule has 0 unspecified atom stereocenters. The van der Waals surface area contributed by atoms with Crippen LogP contribution in [0.3, 0.4) is 0 Å². The Labute approximate surface area is 78.3 Å². The smallest absolute Gasteiger partial charge is 0.258 e. The predicted molar refractivity (Wildman–Crippen MR) is 54.1 cm³/mol. The summed E-state index contributed by atoms with van der Waals surface area (Å²) in [5.41, 5.74) is 0. The Hall–Kier alpha value is 0.330. The topological polar surface area (TPSA) is 20.3 Å². The quantitative estimate of drug-likeness (QED) is 0.535. The van der Waals surface area contributed by atoms with Crippen molar-refractivity contribution in [2.45, 2.75) is 26.7 Å². The Bertz CT molecular complexity index is 113. The molecular formula is C7H15NOS2. The molecule has 0 saturated carbocycles. The Kier molecular flexibility index (Phi) is 7.22. The van der Waals surface area contributed by atoms with Gasteiger partial charge in [0.2, 0.25) is 0 Å². The zero-order valence-corrected chi connectivity index (χ0v) is 8.75. The van der Waals surface area contributed by atoms with Crippen molar-refractivity contribution in [2.24, 2.45) is 0 Å². The van der Waals surface area contributed by atoms with Crippen LogP contribution in [-0.4, -0.2) is 21.8 Å². The van der Waals surface area contributed by atoms with Crippen LogP contribution in [0.1, 0.15) is 26.7 Å². The van der Waals surface area contributed by atoms with Crippen molar-refractivity contribution in [3.05, 3.63) is 0 Å². The molecule has 0 rings (SSSR count). The molecule has 0 N–H and O–H groups in total. The van der Waals surface area contributed by atoms with Crippen LogP contribution < -0.4 is 0 Å². The monoisotopic (exact) mass is 193 g/mol. The maximum absolute atomic E-state index is 10.6. The summed E-state index contributed by atoms with van der Waals surface area (Å²) in [5, 5.41) is 0. The van der Waals surface area contributed by atoms with Gasteiger partial charge in [-0.3, -0.25) is 4.79 Å². The standard InChI is InChI=1S/C7H15NOS2/c1-3-5-8(6-4-2)11-7(9)10/h3-6H2,1-2H3,(H,9,10). The summed E-state index contributed by atoms with van der Waals surface area (Å²) in [6, 6.07) is 0. The predicted octanol–water partition coefficient (Wildman–Crippen LogP) is 2.81. The third-order valence-electron chi connectivity index (χ3n) is 1.15. The van der Waals surface area contributed by atoms with Gasteiger partial charge in [0, 0.05) is 25.0 Å². The van der Waals surface area contributed by atoms with E-state index in [0.29, 0.717) is 0 Å². The van der Waals surface area contributed by atoms with Crippen molar-refractivity contribution in [1.82, 2.24) is 4.31 Å². The van der Waals surface area contributed by atoms with Crippen molar-refractivity contribution >= 4 is 29.0 Å². The molecule has 0 aromatic rings. The Morgan fingerprint density at radius 3 is 2.09 bits per heavy atom. The zero-order chi connectivity index (χ0) is 8.69. The maximum Gasteiger partial charge on any atom is 0.258 e. The van der Waals surface area contributed by atoms with Crippen molar-refractivity contribution < 1.29 is 4.79 Å². The van der Waals surface area contributed by atoms with Crippen LogP contribution >= 0.6 is 24.6 Å².